The van der Waals surface area contributed by atoms with Crippen LogP contribution in [0.3, 0.4) is 0 Å². The normalized spacial score (nSPS) is 7.20. The minimum absolute atomic E-state index is 0. The average Bonchev–Trinajstić information content (AvgIpc) is 0.811. The Morgan fingerprint density at radius 3 is 1.00 bits per heavy atom. The quantitative estimate of drug-likeness (QED) is 0.467. The van der Waals surface area contributed by atoms with Gasteiger partial charge in [0, 0.05) is 0 Å². The van der Waals surface area contributed by atoms with E-state index in [-0.39, 0.29) is 7.43 Å². The van der Waals surface area contributed by atoms with E-state index >= 15 is 0 Å². The van der Waals surface area contributed by atoms with Crippen LogP contribution in [0, 0.1) is 0 Å². The van der Waals surface area contributed by atoms with Crippen LogP contribution in [0.1, 0.15) is 7.43 Å². The van der Waals surface area contributed by atoms with Gasteiger partial charge in [-0.3, -0.25) is 0 Å². The van der Waals surface area contributed by atoms with Crippen molar-refractivity contribution in [1.29, 1.82) is 0 Å². The summed E-state index contributed by atoms with van der Waals surface area (Å²) in [6, 6.07) is 0. The number of halogens is 3. The van der Waals surface area contributed by atoms with Crippen LogP contribution in [0.5, 0.6) is 0 Å². The SMILES string of the molecule is C.ClP(Cl)Cl. The summed E-state index contributed by atoms with van der Waals surface area (Å²) in [7, 11) is 0. The van der Waals surface area contributed by atoms with Crippen molar-refractivity contribution in [3.63, 3.8) is 0 Å². The lowest BCUT2D eigenvalue weighted by atomic mass is 12.0. The Balaban J connectivity index is 0. The van der Waals surface area contributed by atoms with Crippen LogP contribution < -0.4 is 0 Å². The maximum atomic E-state index is 4.87. The van der Waals surface area contributed by atoms with Gasteiger partial charge in [-0.05, 0) is 0 Å². The summed E-state index contributed by atoms with van der Waals surface area (Å²) in [5, 5.41) is 0. The van der Waals surface area contributed by atoms with Crippen molar-refractivity contribution in [1.82, 2.24) is 0 Å². The molecule has 0 aliphatic heterocycles. The van der Waals surface area contributed by atoms with Crippen molar-refractivity contribution in [3.8, 4) is 0 Å². The van der Waals surface area contributed by atoms with Gasteiger partial charge in [0.1, 0.15) is 0 Å². The molecule has 0 aliphatic rings. The smallest absolute Gasteiger partial charge is 0.0776 e. The average molecular weight is 153 g/mol. The molecule has 0 bridgehead atoms. The van der Waals surface area contributed by atoms with Crippen molar-refractivity contribution in [3.05, 3.63) is 0 Å². The summed E-state index contributed by atoms with van der Waals surface area (Å²) < 4.78 is 0. The van der Waals surface area contributed by atoms with Crippen molar-refractivity contribution in [2.45, 2.75) is 7.43 Å². The molecular weight excluding hydrogens is 149 g/mol. The first-order chi connectivity index (χ1) is 1.73. The fourth-order valence-corrected chi connectivity index (χ4v) is 0. The second-order valence-corrected chi connectivity index (χ2v) is 5.17. The number of rotatable bonds is 0. The van der Waals surface area contributed by atoms with Crippen LogP contribution in [0.4, 0.5) is 0 Å². The van der Waals surface area contributed by atoms with Gasteiger partial charge >= 0.3 is 0 Å². The molecule has 0 aromatic heterocycles. The Morgan fingerprint density at radius 1 is 1.00 bits per heavy atom. The third kappa shape index (κ3) is 34.2. The van der Waals surface area contributed by atoms with Gasteiger partial charge in [-0.25, -0.2) is 0 Å². The Kier molecular flexibility index (Phi) is 10.1. The minimum atomic E-state index is -1.20. The molecule has 0 saturated heterocycles. The molecule has 0 rings (SSSR count). The molecule has 0 amide bonds. The molecule has 0 nitrogen and oxygen atoms in total. The van der Waals surface area contributed by atoms with E-state index in [0.29, 0.717) is 0 Å². The van der Waals surface area contributed by atoms with Crippen molar-refractivity contribution in [2.24, 2.45) is 0 Å². The fraction of sp³-hybridized carbons (Fsp3) is 1.00. The van der Waals surface area contributed by atoms with Crippen LogP contribution in [0.15, 0.2) is 0 Å². The van der Waals surface area contributed by atoms with E-state index in [2.05, 4.69) is 0 Å². The lowest BCUT2D eigenvalue weighted by molar-refractivity contribution is 2.50. The van der Waals surface area contributed by atoms with Gasteiger partial charge in [-0.2, -0.15) is 0 Å². The van der Waals surface area contributed by atoms with E-state index < -0.39 is 5.98 Å². The van der Waals surface area contributed by atoms with E-state index in [4.69, 9.17) is 33.7 Å². The molecule has 0 N–H and O–H groups in total. The van der Waals surface area contributed by atoms with Crippen LogP contribution in [0.25, 0.3) is 0 Å². The largest absolute Gasteiger partial charge is 0.179 e. The highest BCUT2D eigenvalue weighted by Gasteiger charge is 1.80. The van der Waals surface area contributed by atoms with Gasteiger partial charge in [0.15, 0.2) is 5.98 Å². The standard InChI is InChI=1S/CH4.Cl3P/c;1-4(2)3/h1H4;. The predicted molar refractivity (Wildman–Crippen MR) is 31.2 cm³/mol. The molecule has 5 heavy (non-hydrogen) atoms. The van der Waals surface area contributed by atoms with Gasteiger partial charge < -0.3 is 0 Å². The number of hydrogen-bond donors (Lipinski definition) is 0. The molecule has 0 aromatic rings. The maximum absolute atomic E-state index is 4.87. The summed E-state index contributed by atoms with van der Waals surface area (Å²) in [5.74, 6) is -1.20. The van der Waals surface area contributed by atoms with E-state index in [9.17, 15) is 0 Å². The maximum Gasteiger partial charge on any atom is 0.179 e. The van der Waals surface area contributed by atoms with E-state index in [0.717, 1.165) is 0 Å². The molecule has 0 spiro atoms. The highest BCUT2D eigenvalue weighted by atomic mass is 36.0. The van der Waals surface area contributed by atoms with Crippen LogP contribution in [-0.4, -0.2) is 0 Å². The minimum Gasteiger partial charge on any atom is -0.0776 e. The first-order valence-corrected chi connectivity index (χ1v) is 4.56. The third-order valence-electron chi connectivity index (χ3n) is 0. The predicted octanol–water partition coefficient (Wildman–Crippen LogP) is 3.57. The van der Waals surface area contributed by atoms with E-state index in [1.165, 1.54) is 0 Å². The van der Waals surface area contributed by atoms with Gasteiger partial charge in [-0.15, -0.1) is 0 Å². The van der Waals surface area contributed by atoms with Crippen LogP contribution >= 0.6 is 39.7 Å². The number of hydrogen-bond acceptors (Lipinski definition) is 0. The molecule has 0 atom stereocenters. The van der Waals surface area contributed by atoms with Crippen LogP contribution in [-0.2, 0) is 0 Å². The van der Waals surface area contributed by atoms with Gasteiger partial charge in [0.25, 0.3) is 0 Å². The molecule has 0 fully saturated rings. The van der Waals surface area contributed by atoms with Crippen LogP contribution in [0.2, 0.25) is 0 Å². The molecule has 34 valence electrons. The highest BCUT2D eigenvalue weighted by molar-refractivity contribution is 8.20. The third-order valence-corrected chi connectivity index (χ3v) is 0. The second-order valence-electron chi connectivity index (χ2n) is 0.192. The zero-order chi connectivity index (χ0) is 3.58. The topological polar surface area (TPSA) is 0 Å². The highest BCUT2D eigenvalue weighted by Crippen LogP contribution is 2.51. The Hall–Kier alpha value is 1.30. The summed E-state index contributed by atoms with van der Waals surface area (Å²) in [5.41, 5.74) is 0. The Morgan fingerprint density at radius 2 is 1.00 bits per heavy atom. The Bertz CT molecular complexity index is 11.6. The lowest BCUT2D eigenvalue weighted by Gasteiger charge is -1.68. The summed E-state index contributed by atoms with van der Waals surface area (Å²) in [6.45, 7) is 0. The van der Waals surface area contributed by atoms with E-state index in [1.807, 2.05) is 0 Å². The first kappa shape index (κ1) is 9.57. The van der Waals surface area contributed by atoms with Gasteiger partial charge in [0.05, 0.1) is 0 Å². The molecule has 0 unspecified atom stereocenters. The Labute approximate surface area is 47.5 Å². The summed E-state index contributed by atoms with van der Waals surface area (Å²) in [4.78, 5) is 0. The van der Waals surface area contributed by atoms with Crippen molar-refractivity contribution >= 4 is 39.7 Å². The molecule has 4 heteroatoms. The van der Waals surface area contributed by atoms with E-state index in [1.54, 1.807) is 0 Å². The summed E-state index contributed by atoms with van der Waals surface area (Å²) in [6.07, 6.45) is 0. The lowest BCUT2D eigenvalue weighted by Crippen LogP contribution is -0.958. The second kappa shape index (κ2) is 5.30. The van der Waals surface area contributed by atoms with Gasteiger partial charge in [0.2, 0.25) is 0 Å². The molecule has 0 aromatic carbocycles. The monoisotopic (exact) mass is 152 g/mol. The molecule has 0 aliphatic carbocycles. The van der Waals surface area contributed by atoms with Crippen molar-refractivity contribution in [2.75, 3.05) is 0 Å². The first-order valence-electron chi connectivity index (χ1n) is 0.507. The molecular formula is CH4Cl3P. The molecule has 0 heterocycles. The fourth-order valence-electron chi connectivity index (χ4n) is 0. The zero-order valence-electron chi connectivity index (χ0n) is 1.58. The summed E-state index contributed by atoms with van der Waals surface area (Å²) >= 11 is 14.6. The van der Waals surface area contributed by atoms with Crippen molar-refractivity contribution < 1.29 is 0 Å². The molecule has 0 saturated carbocycles. The zero-order valence-corrected chi connectivity index (χ0v) is 4.74. The molecule has 0 radical (unpaired) electrons. The van der Waals surface area contributed by atoms with Gasteiger partial charge in [-0.1, -0.05) is 41.1 Å².